The number of hydrogen-bond acceptors (Lipinski definition) is 3. The van der Waals surface area contributed by atoms with Crippen LogP contribution in [-0.4, -0.2) is 11.0 Å². The number of carbonyl (C=O) groups excluding carboxylic acids is 1. The molecule has 4 rings (SSSR count). The molecule has 182 valence electrons. The monoisotopic (exact) mass is 511 g/mol. The van der Waals surface area contributed by atoms with Crippen LogP contribution in [0.3, 0.4) is 0 Å². The van der Waals surface area contributed by atoms with E-state index < -0.39 is 5.25 Å². The number of carbonyl (C=O) groups is 1. The van der Waals surface area contributed by atoms with Crippen molar-refractivity contribution in [1.29, 1.82) is 0 Å². The lowest BCUT2D eigenvalue weighted by Gasteiger charge is -2.20. The van der Waals surface area contributed by atoms with Crippen LogP contribution in [0.15, 0.2) is 108 Å². The second kappa shape index (κ2) is 12.4. The van der Waals surface area contributed by atoms with Gasteiger partial charge in [0, 0.05) is 22.0 Å². The van der Waals surface area contributed by atoms with Crippen LogP contribution in [-0.2, 0) is 11.2 Å². The van der Waals surface area contributed by atoms with Gasteiger partial charge in [-0.1, -0.05) is 73.7 Å². The minimum absolute atomic E-state index is 0.0364. The molecular formula is C30H29N3OS2. The number of nitrogens with one attached hydrogen (secondary N) is 3. The van der Waals surface area contributed by atoms with E-state index in [2.05, 4.69) is 28.9 Å². The van der Waals surface area contributed by atoms with Crippen molar-refractivity contribution < 1.29 is 4.79 Å². The van der Waals surface area contributed by atoms with E-state index in [-0.39, 0.29) is 5.91 Å². The highest BCUT2D eigenvalue weighted by atomic mass is 32.2. The van der Waals surface area contributed by atoms with Gasteiger partial charge < -0.3 is 16.0 Å². The van der Waals surface area contributed by atoms with Crippen LogP contribution >= 0.6 is 24.0 Å². The predicted octanol–water partition coefficient (Wildman–Crippen LogP) is 7.84. The number of amides is 1. The Kier molecular flexibility index (Phi) is 8.76. The Morgan fingerprint density at radius 2 is 1.39 bits per heavy atom. The summed E-state index contributed by atoms with van der Waals surface area (Å²) < 4.78 is 0. The molecule has 0 bridgehead atoms. The summed E-state index contributed by atoms with van der Waals surface area (Å²) in [6.45, 7) is 4.13. The van der Waals surface area contributed by atoms with Crippen LogP contribution in [0.25, 0.3) is 0 Å². The number of anilines is 3. The Hall–Kier alpha value is -3.61. The lowest BCUT2D eigenvalue weighted by Crippen LogP contribution is -2.20. The summed E-state index contributed by atoms with van der Waals surface area (Å²) in [4.78, 5) is 14.5. The average molecular weight is 512 g/mol. The number of hydrogen-bond donors (Lipinski definition) is 3. The van der Waals surface area contributed by atoms with Crippen LogP contribution < -0.4 is 16.0 Å². The van der Waals surface area contributed by atoms with Crippen molar-refractivity contribution in [1.82, 2.24) is 0 Å². The Bertz CT molecular complexity index is 1310. The first-order valence-electron chi connectivity index (χ1n) is 11.9. The number of rotatable bonds is 8. The van der Waals surface area contributed by atoms with Gasteiger partial charge in [0.25, 0.3) is 0 Å². The summed E-state index contributed by atoms with van der Waals surface area (Å²) in [6, 6.07) is 33.8. The van der Waals surface area contributed by atoms with Gasteiger partial charge in [-0.05, 0) is 78.7 Å². The van der Waals surface area contributed by atoms with Crippen LogP contribution in [0.1, 0.15) is 28.9 Å². The lowest BCUT2D eigenvalue weighted by atomic mass is 10.1. The number of aryl methyl sites for hydroxylation is 2. The van der Waals surface area contributed by atoms with Crippen molar-refractivity contribution in [3.05, 3.63) is 120 Å². The molecule has 0 fully saturated rings. The van der Waals surface area contributed by atoms with Crippen molar-refractivity contribution in [2.75, 3.05) is 16.0 Å². The minimum atomic E-state index is -0.393. The molecule has 0 saturated heterocycles. The first-order valence-corrected chi connectivity index (χ1v) is 13.2. The first kappa shape index (κ1) is 25.5. The average Bonchev–Trinajstić information content (AvgIpc) is 2.90. The van der Waals surface area contributed by atoms with Crippen LogP contribution in [0, 0.1) is 6.92 Å². The highest BCUT2D eigenvalue weighted by Crippen LogP contribution is 2.37. The zero-order valence-corrected chi connectivity index (χ0v) is 22.0. The lowest BCUT2D eigenvalue weighted by molar-refractivity contribution is -0.115. The van der Waals surface area contributed by atoms with Gasteiger partial charge in [0.2, 0.25) is 5.91 Å². The second-order valence-corrected chi connectivity index (χ2v) is 9.92. The van der Waals surface area contributed by atoms with Crippen molar-refractivity contribution in [2.24, 2.45) is 0 Å². The smallest absolute Gasteiger partial charge is 0.242 e. The maximum atomic E-state index is 13.6. The molecule has 36 heavy (non-hydrogen) atoms. The van der Waals surface area contributed by atoms with Crippen LogP contribution in [0.5, 0.6) is 0 Å². The summed E-state index contributed by atoms with van der Waals surface area (Å²) in [5.41, 5.74) is 5.87. The molecule has 3 N–H and O–H groups in total. The van der Waals surface area contributed by atoms with Gasteiger partial charge in [-0.2, -0.15) is 0 Å². The molecule has 0 aliphatic rings. The highest BCUT2D eigenvalue weighted by molar-refractivity contribution is 8.00. The van der Waals surface area contributed by atoms with Gasteiger partial charge in [-0.25, -0.2) is 0 Å². The third-order valence-corrected chi connectivity index (χ3v) is 7.20. The molecule has 0 saturated carbocycles. The molecule has 4 nitrogen and oxygen atoms in total. The summed E-state index contributed by atoms with van der Waals surface area (Å²) in [5, 5.41) is 9.72. The standard InChI is InChI=1S/C30H29N3OS2/c1-3-22-14-10-11-21(2)27(22)33-29(34)28(23-12-6-4-7-13-23)36-26-19-17-25(18-20-26)32-30(35)31-24-15-8-5-9-16-24/h4-20,28H,3H2,1-2H3,(H,33,34)(H2,31,32,35). The molecule has 6 heteroatoms. The second-order valence-electron chi connectivity index (χ2n) is 8.33. The Labute approximate surface area is 222 Å². The fourth-order valence-corrected chi connectivity index (χ4v) is 5.12. The Balaban J connectivity index is 1.48. The van der Waals surface area contributed by atoms with Crippen molar-refractivity contribution >= 4 is 52.1 Å². The molecular weight excluding hydrogens is 482 g/mol. The van der Waals surface area contributed by atoms with Crippen molar-refractivity contribution in [3.63, 3.8) is 0 Å². The van der Waals surface area contributed by atoms with E-state index >= 15 is 0 Å². The Morgan fingerprint density at radius 3 is 2.03 bits per heavy atom. The van der Waals surface area contributed by atoms with E-state index in [1.165, 1.54) is 11.8 Å². The Morgan fingerprint density at radius 1 is 0.778 bits per heavy atom. The van der Waals surface area contributed by atoms with Gasteiger partial charge in [0.1, 0.15) is 5.25 Å². The fraction of sp³-hybridized carbons (Fsp3) is 0.133. The van der Waals surface area contributed by atoms with Crippen LogP contribution in [0.4, 0.5) is 17.1 Å². The van der Waals surface area contributed by atoms with E-state index in [1.807, 2.05) is 104 Å². The summed E-state index contributed by atoms with van der Waals surface area (Å²) in [7, 11) is 0. The molecule has 0 aliphatic heterocycles. The number of thiocarbonyl (C=S) groups is 1. The topological polar surface area (TPSA) is 53.2 Å². The summed E-state index contributed by atoms with van der Waals surface area (Å²) in [5.74, 6) is -0.0364. The van der Waals surface area contributed by atoms with E-state index in [9.17, 15) is 4.79 Å². The number of para-hydroxylation sites is 2. The molecule has 0 heterocycles. The maximum Gasteiger partial charge on any atom is 0.242 e. The van der Waals surface area contributed by atoms with Gasteiger partial charge >= 0.3 is 0 Å². The van der Waals surface area contributed by atoms with Gasteiger partial charge in [-0.15, -0.1) is 11.8 Å². The molecule has 0 spiro atoms. The molecule has 0 aromatic heterocycles. The number of benzene rings is 4. The van der Waals surface area contributed by atoms with Crippen molar-refractivity contribution in [3.8, 4) is 0 Å². The van der Waals surface area contributed by atoms with E-state index in [4.69, 9.17) is 12.2 Å². The largest absolute Gasteiger partial charge is 0.332 e. The summed E-state index contributed by atoms with van der Waals surface area (Å²) >= 11 is 6.96. The normalized spacial score (nSPS) is 11.4. The van der Waals surface area contributed by atoms with E-state index in [1.54, 1.807) is 0 Å². The fourth-order valence-electron chi connectivity index (χ4n) is 3.86. The molecule has 0 radical (unpaired) electrons. The summed E-state index contributed by atoms with van der Waals surface area (Å²) in [6.07, 6.45) is 0.857. The quantitative estimate of drug-likeness (QED) is 0.166. The van der Waals surface area contributed by atoms with E-state index in [0.717, 1.165) is 45.1 Å². The highest BCUT2D eigenvalue weighted by Gasteiger charge is 2.23. The molecule has 1 unspecified atom stereocenters. The molecule has 1 atom stereocenters. The van der Waals surface area contributed by atoms with E-state index in [0.29, 0.717) is 5.11 Å². The third-order valence-electron chi connectivity index (χ3n) is 5.73. The van der Waals surface area contributed by atoms with Crippen LogP contribution in [0.2, 0.25) is 0 Å². The SMILES string of the molecule is CCc1cccc(C)c1NC(=O)C(Sc1ccc(NC(=S)Nc2ccccc2)cc1)c1ccccc1. The number of thioether (sulfide) groups is 1. The zero-order chi connectivity index (χ0) is 25.3. The van der Waals surface area contributed by atoms with Gasteiger partial charge in [0.15, 0.2) is 5.11 Å². The van der Waals surface area contributed by atoms with Gasteiger partial charge in [0.05, 0.1) is 0 Å². The van der Waals surface area contributed by atoms with Crippen molar-refractivity contribution in [2.45, 2.75) is 30.4 Å². The molecule has 0 aliphatic carbocycles. The third kappa shape index (κ3) is 6.74. The first-order chi connectivity index (χ1) is 17.5. The maximum absolute atomic E-state index is 13.6. The molecule has 1 amide bonds. The molecule has 4 aromatic carbocycles. The zero-order valence-electron chi connectivity index (χ0n) is 20.3. The van der Waals surface area contributed by atoms with Gasteiger partial charge in [-0.3, -0.25) is 4.79 Å². The predicted molar refractivity (Wildman–Crippen MR) is 157 cm³/mol. The minimum Gasteiger partial charge on any atom is -0.332 e. The molecule has 4 aromatic rings.